The number of barbiturate groups is 1. The smallest absolute Gasteiger partial charge is 0.335 e. The zero-order valence-corrected chi connectivity index (χ0v) is 25.7. The van der Waals surface area contributed by atoms with Gasteiger partial charge in [0.05, 0.1) is 5.69 Å². The van der Waals surface area contributed by atoms with Gasteiger partial charge in [-0.15, -0.1) is 0 Å². The summed E-state index contributed by atoms with van der Waals surface area (Å²) in [5.74, 6) is 0.566. The van der Waals surface area contributed by atoms with Crippen molar-refractivity contribution in [1.29, 1.82) is 0 Å². The third kappa shape index (κ3) is 4.61. The molecule has 5 fully saturated rings. The maximum atomic E-state index is 15.6. The predicted octanol–water partition coefficient (Wildman–Crippen LogP) is 7.46. The highest BCUT2D eigenvalue weighted by molar-refractivity contribution is 6.39. The standard InChI is InChI=1S/C36H42FN3O3/c1-5-10-39-31-16-30(37)25(14-28(31)21(2)17-35(39,3)4)15-29-32(41)38-34(43)40(33(29)42)27-8-6-26(7-9-27)36-18-22-11-23(19-36)13-24(12-22)20-36/h6-9,14-16,21-24H,5,10-13,17-20H2,1-4H3,(H,38,41,43)/b29-15-. The van der Waals surface area contributed by atoms with Crippen molar-refractivity contribution >= 4 is 35.3 Å². The first kappa shape index (κ1) is 28.3. The minimum atomic E-state index is -0.810. The average Bonchev–Trinajstić information content (AvgIpc) is 2.93. The zero-order chi connectivity index (χ0) is 30.3. The number of halogens is 1. The van der Waals surface area contributed by atoms with E-state index in [1.807, 2.05) is 12.1 Å². The van der Waals surface area contributed by atoms with Gasteiger partial charge in [-0.3, -0.25) is 14.9 Å². The van der Waals surface area contributed by atoms with Crippen LogP contribution in [0.25, 0.3) is 6.08 Å². The van der Waals surface area contributed by atoms with Crippen molar-refractivity contribution < 1.29 is 18.8 Å². The topological polar surface area (TPSA) is 69.7 Å². The molecule has 4 bridgehead atoms. The second kappa shape index (κ2) is 10.0. The lowest BCUT2D eigenvalue weighted by molar-refractivity contribution is -0.122. The highest BCUT2D eigenvalue weighted by atomic mass is 19.1. The quantitative estimate of drug-likeness (QED) is 0.293. The average molecular weight is 584 g/mol. The number of urea groups is 1. The van der Waals surface area contributed by atoms with Crippen LogP contribution in [-0.4, -0.2) is 29.9 Å². The molecular weight excluding hydrogens is 541 g/mol. The molecule has 4 aliphatic carbocycles. The first-order valence-corrected chi connectivity index (χ1v) is 16.1. The first-order chi connectivity index (χ1) is 20.5. The molecule has 2 aliphatic heterocycles. The van der Waals surface area contributed by atoms with Gasteiger partial charge in [-0.2, -0.15) is 0 Å². The summed E-state index contributed by atoms with van der Waals surface area (Å²) in [5, 5.41) is 2.31. The van der Waals surface area contributed by atoms with Gasteiger partial charge < -0.3 is 4.90 Å². The summed E-state index contributed by atoms with van der Waals surface area (Å²) in [5.41, 5.74) is 3.57. The number of imide groups is 2. The number of fused-ring (bicyclic) bond motifs is 1. The lowest BCUT2D eigenvalue weighted by atomic mass is 9.48. The van der Waals surface area contributed by atoms with E-state index in [0.717, 1.165) is 53.3 Å². The first-order valence-electron chi connectivity index (χ1n) is 16.1. The highest BCUT2D eigenvalue weighted by Gasteiger charge is 2.51. The highest BCUT2D eigenvalue weighted by Crippen LogP contribution is 2.60. The van der Waals surface area contributed by atoms with Crippen LogP contribution in [-0.2, 0) is 15.0 Å². The Morgan fingerprint density at radius 2 is 1.58 bits per heavy atom. The molecule has 1 atom stereocenters. The van der Waals surface area contributed by atoms with E-state index >= 15 is 4.39 Å². The van der Waals surface area contributed by atoms with E-state index in [2.05, 4.69) is 50.0 Å². The van der Waals surface area contributed by atoms with Crippen molar-refractivity contribution in [1.82, 2.24) is 5.32 Å². The molecule has 1 saturated heterocycles. The van der Waals surface area contributed by atoms with Crippen molar-refractivity contribution in [2.75, 3.05) is 16.3 Å². The van der Waals surface area contributed by atoms with Gasteiger partial charge in [-0.05, 0) is 136 Å². The van der Waals surface area contributed by atoms with Gasteiger partial charge in [-0.25, -0.2) is 14.1 Å². The summed E-state index contributed by atoms with van der Waals surface area (Å²) in [4.78, 5) is 42.8. The molecule has 6 nitrogen and oxygen atoms in total. The van der Waals surface area contributed by atoms with E-state index in [4.69, 9.17) is 0 Å². The number of rotatable bonds is 5. The molecule has 2 heterocycles. The predicted molar refractivity (Wildman–Crippen MR) is 166 cm³/mol. The Labute approximate surface area is 253 Å². The molecule has 43 heavy (non-hydrogen) atoms. The minimum Gasteiger partial charge on any atom is -0.366 e. The molecule has 1 N–H and O–H groups in total. The lowest BCUT2D eigenvalue weighted by Crippen LogP contribution is -2.54. The molecule has 8 rings (SSSR count). The molecule has 0 spiro atoms. The third-order valence-corrected chi connectivity index (χ3v) is 11.1. The number of nitrogens with one attached hydrogen (secondary N) is 1. The number of amides is 4. The Balaban J connectivity index is 1.19. The molecule has 2 aromatic rings. The summed E-state index contributed by atoms with van der Waals surface area (Å²) in [6.07, 6.45) is 10.9. The number of carbonyl (C=O) groups is 3. The Kier molecular flexibility index (Phi) is 6.60. The zero-order valence-electron chi connectivity index (χ0n) is 25.7. The van der Waals surface area contributed by atoms with Crippen molar-refractivity contribution in [2.45, 2.75) is 95.9 Å². The fourth-order valence-corrected chi connectivity index (χ4v) is 9.75. The van der Waals surface area contributed by atoms with Gasteiger partial charge in [-0.1, -0.05) is 26.0 Å². The lowest BCUT2D eigenvalue weighted by Gasteiger charge is -2.57. The molecule has 1 unspecified atom stereocenters. The minimum absolute atomic E-state index is 0.111. The maximum absolute atomic E-state index is 15.6. The summed E-state index contributed by atoms with van der Waals surface area (Å²) < 4.78 is 15.6. The Hall–Kier alpha value is -3.48. The number of hydrogen-bond acceptors (Lipinski definition) is 4. The summed E-state index contributed by atoms with van der Waals surface area (Å²) >= 11 is 0. The normalized spacial score (nSPS) is 31.9. The molecule has 0 aromatic heterocycles. The monoisotopic (exact) mass is 583 g/mol. The van der Waals surface area contributed by atoms with E-state index < -0.39 is 23.7 Å². The van der Waals surface area contributed by atoms with E-state index in [1.165, 1.54) is 56.2 Å². The van der Waals surface area contributed by atoms with E-state index in [0.29, 0.717) is 5.69 Å². The molecule has 6 aliphatic rings. The summed E-state index contributed by atoms with van der Waals surface area (Å²) in [6.45, 7) is 9.42. The fourth-order valence-electron chi connectivity index (χ4n) is 9.75. The number of hydrogen-bond donors (Lipinski definition) is 1. The molecule has 7 heteroatoms. The number of anilines is 2. The second-order valence-electron chi connectivity index (χ2n) is 14.7. The number of benzene rings is 2. The van der Waals surface area contributed by atoms with E-state index in [9.17, 15) is 14.4 Å². The van der Waals surface area contributed by atoms with Crippen LogP contribution in [0.2, 0.25) is 0 Å². The van der Waals surface area contributed by atoms with Gasteiger partial charge in [0, 0.05) is 23.3 Å². The van der Waals surface area contributed by atoms with Crippen molar-refractivity contribution in [2.24, 2.45) is 17.8 Å². The maximum Gasteiger partial charge on any atom is 0.335 e. The van der Waals surface area contributed by atoms with Crippen LogP contribution in [0.1, 0.15) is 102 Å². The van der Waals surface area contributed by atoms with Crippen molar-refractivity contribution in [3.05, 3.63) is 64.5 Å². The fraction of sp³-hybridized carbons (Fsp3) is 0.528. The Morgan fingerprint density at radius 3 is 2.19 bits per heavy atom. The Bertz CT molecular complexity index is 1510. The molecule has 226 valence electrons. The van der Waals surface area contributed by atoms with Crippen molar-refractivity contribution in [3.63, 3.8) is 0 Å². The largest absolute Gasteiger partial charge is 0.366 e. The van der Waals surface area contributed by atoms with Crippen LogP contribution in [0.5, 0.6) is 0 Å². The molecule has 0 radical (unpaired) electrons. The van der Waals surface area contributed by atoms with Crippen molar-refractivity contribution in [3.8, 4) is 0 Å². The van der Waals surface area contributed by atoms with Gasteiger partial charge in [0.15, 0.2) is 0 Å². The van der Waals surface area contributed by atoms with Gasteiger partial charge >= 0.3 is 6.03 Å². The van der Waals surface area contributed by atoms with Gasteiger partial charge in [0.25, 0.3) is 11.8 Å². The van der Waals surface area contributed by atoms with Crippen LogP contribution in [0.15, 0.2) is 42.0 Å². The van der Waals surface area contributed by atoms with E-state index in [1.54, 1.807) is 6.07 Å². The molecule has 4 amide bonds. The van der Waals surface area contributed by atoms with Gasteiger partial charge in [0.2, 0.25) is 0 Å². The Morgan fingerprint density at radius 1 is 0.953 bits per heavy atom. The van der Waals surface area contributed by atoms with Crippen LogP contribution in [0.4, 0.5) is 20.6 Å². The van der Waals surface area contributed by atoms with Crippen LogP contribution >= 0.6 is 0 Å². The molecule has 4 saturated carbocycles. The van der Waals surface area contributed by atoms with Gasteiger partial charge in [0.1, 0.15) is 11.4 Å². The second-order valence-corrected chi connectivity index (χ2v) is 14.7. The van der Waals surface area contributed by atoms with Crippen LogP contribution in [0, 0.1) is 23.6 Å². The third-order valence-electron chi connectivity index (χ3n) is 11.1. The molecular formula is C36H42FN3O3. The number of carbonyl (C=O) groups excluding carboxylic acids is 3. The summed E-state index contributed by atoms with van der Waals surface area (Å²) in [7, 11) is 0. The van der Waals surface area contributed by atoms with Crippen LogP contribution < -0.4 is 15.1 Å². The SMILES string of the molecule is CCCN1c2cc(F)c(/C=C3/C(=O)NC(=O)N(c4ccc(C56CC7CC(CC(C7)C5)C6)cc4)C3=O)cc2C(C)CC1(C)C. The van der Waals surface area contributed by atoms with Crippen LogP contribution in [0.3, 0.4) is 0 Å². The van der Waals surface area contributed by atoms with E-state index in [-0.39, 0.29) is 28.0 Å². The molecule has 2 aromatic carbocycles. The summed E-state index contributed by atoms with van der Waals surface area (Å²) in [6, 6.07) is 10.3. The number of nitrogens with zero attached hydrogens (tertiary/aromatic N) is 2.